The molecule has 3 aliphatic heterocycles. The summed E-state index contributed by atoms with van der Waals surface area (Å²) in [6.07, 6.45) is 2.42. The molecule has 0 fully saturated rings. The minimum absolute atomic E-state index is 0.0209. The molecule has 1 amide bonds. The molecule has 7 rings (SSSR count). The Labute approximate surface area is 220 Å². The second kappa shape index (κ2) is 9.93. The average Bonchev–Trinajstić information content (AvgIpc) is 3.33. The Bertz CT molecular complexity index is 1540. The third kappa shape index (κ3) is 4.62. The Morgan fingerprint density at radius 2 is 1.87 bits per heavy atom. The van der Waals surface area contributed by atoms with Crippen molar-refractivity contribution in [3.05, 3.63) is 88.0 Å². The van der Waals surface area contributed by atoms with Gasteiger partial charge in [0.1, 0.15) is 11.3 Å². The molecule has 3 aromatic carbocycles. The van der Waals surface area contributed by atoms with E-state index >= 15 is 0 Å². The molecule has 1 N–H and O–H groups in total. The summed E-state index contributed by atoms with van der Waals surface area (Å²) in [6, 6.07) is 17.8. The van der Waals surface area contributed by atoms with E-state index in [1.165, 1.54) is 5.56 Å². The normalized spacial score (nSPS) is 17.7. The number of nitrogens with zero attached hydrogens (tertiary/aromatic N) is 4. The third-order valence-corrected chi connectivity index (χ3v) is 7.71. The molecule has 0 radical (unpaired) electrons. The highest BCUT2D eigenvalue weighted by Crippen LogP contribution is 2.33. The van der Waals surface area contributed by atoms with Gasteiger partial charge in [-0.3, -0.25) is 9.59 Å². The first kappa shape index (κ1) is 24.2. The molecular formula is C30H30N4O4. The highest BCUT2D eigenvalue weighted by atomic mass is 16.5. The van der Waals surface area contributed by atoms with Crippen molar-refractivity contribution in [2.45, 2.75) is 51.6 Å². The summed E-state index contributed by atoms with van der Waals surface area (Å²) in [5.74, 6) is -0.478. The molecule has 0 aliphatic carbocycles. The van der Waals surface area contributed by atoms with Crippen LogP contribution in [0.15, 0.2) is 54.6 Å². The van der Waals surface area contributed by atoms with Crippen molar-refractivity contribution in [1.82, 2.24) is 19.9 Å². The van der Waals surface area contributed by atoms with Gasteiger partial charge in [0.05, 0.1) is 18.5 Å². The Morgan fingerprint density at radius 1 is 1.03 bits per heavy atom. The summed E-state index contributed by atoms with van der Waals surface area (Å²) < 4.78 is 7.97. The molecule has 8 nitrogen and oxygen atoms in total. The number of aryl methyl sites for hydroxylation is 2. The first-order chi connectivity index (χ1) is 18.5. The number of carbonyl (C=O) groups is 2. The van der Waals surface area contributed by atoms with Crippen LogP contribution in [0.4, 0.5) is 0 Å². The number of ether oxygens (including phenoxy) is 1. The smallest absolute Gasteiger partial charge is 0.304 e. The molecule has 8 heteroatoms. The van der Waals surface area contributed by atoms with E-state index < -0.39 is 5.97 Å². The van der Waals surface area contributed by atoms with Crippen LogP contribution in [0, 0.1) is 6.92 Å². The van der Waals surface area contributed by atoms with Gasteiger partial charge in [0.2, 0.25) is 0 Å². The van der Waals surface area contributed by atoms with E-state index in [1.807, 2.05) is 59.0 Å². The zero-order valence-corrected chi connectivity index (χ0v) is 21.4. The van der Waals surface area contributed by atoms with E-state index in [9.17, 15) is 14.7 Å². The van der Waals surface area contributed by atoms with Crippen LogP contribution in [0.2, 0.25) is 0 Å². The van der Waals surface area contributed by atoms with Crippen LogP contribution in [0.5, 0.6) is 5.75 Å². The first-order valence-corrected chi connectivity index (χ1v) is 13.2. The first-order valence-electron chi connectivity index (χ1n) is 13.2. The molecule has 4 heterocycles. The number of benzene rings is 3. The molecular weight excluding hydrogens is 480 g/mol. The largest absolute Gasteiger partial charge is 0.493 e. The Hall–Kier alpha value is -4.20. The minimum atomic E-state index is -0.861. The average molecular weight is 511 g/mol. The van der Waals surface area contributed by atoms with Crippen LogP contribution in [0.3, 0.4) is 0 Å². The number of aromatic nitrogens is 3. The van der Waals surface area contributed by atoms with E-state index in [2.05, 4.69) is 22.4 Å². The number of amides is 1. The Balaban J connectivity index is 1.43. The summed E-state index contributed by atoms with van der Waals surface area (Å²) in [5.41, 5.74) is 7.38. The van der Waals surface area contributed by atoms with E-state index in [0.717, 1.165) is 58.3 Å². The molecule has 1 unspecified atom stereocenters. The van der Waals surface area contributed by atoms with Gasteiger partial charge in [0.15, 0.2) is 0 Å². The molecule has 1 aromatic heterocycles. The zero-order valence-electron chi connectivity index (χ0n) is 21.4. The van der Waals surface area contributed by atoms with Crippen LogP contribution in [0.1, 0.15) is 63.4 Å². The van der Waals surface area contributed by atoms with Crippen LogP contribution in [0.25, 0.3) is 11.0 Å². The number of carboxylic acids is 1. The van der Waals surface area contributed by atoms with Gasteiger partial charge < -0.3 is 14.7 Å². The topological polar surface area (TPSA) is 97.5 Å². The van der Waals surface area contributed by atoms with E-state index in [4.69, 9.17) is 4.74 Å². The van der Waals surface area contributed by atoms with Crippen molar-refractivity contribution in [1.29, 1.82) is 0 Å². The zero-order chi connectivity index (χ0) is 26.2. The predicted molar refractivity (Wildman–Crippen MR) is 142 cm³/mol. The van der Waals surface area contributed by atoms with Gasteiger partial charge in [-0.15, -0.1) is 5.10 Å². The molecule has 194 valence electrons. The number of carbonyl (C=O) groups excluding carboxylic acids is 1. The standard InChI is InChI=1S/C30H30N4O4/c1-19-4-5-23-16-28(19)38-13-3-2-11-34-27-9-8-22(15-26(27)31-32-34)25(17-29(35)36)21-7-6-20-10-12-33(30(23)37)18-24(20)14-21/h4-9,14-16,25H,2-3,10-13,17-18H2,1H3,(H,35,36). The maximum absolute atomic E-state index is 13.5. The molecule has 0 saturated heterocycles. The van der Waals surface area contributed by atoms with E-state index in [1.54, 1.807) is 0 Å². The fraction of sp³-hybridized carbons (Fsp3) is 0.333. The van der Waals surface area contributed by atoms with Crippen molar-refractivity contribution < 1.29 is 19.4 Å². The van der Waals surface area contributed by atoms with Gasteiger partial charge in [-0.2, -0.15) is 0 Å². The maximum Gasteiger partial charge on any atom is 0.304 e. The molecule has 4 aromatic rings. The number of carboxylic acid groups (broad SMARTS) is 1. The summed E-state index contributed by atoms with van der Waals surface area (Å²) in [7, 11) is 0. The van der Waals surface area contributed by atoms with Crippen LogP contribution in [-0.2, 0) is 24.3 Å². The van der Waals surface area contributed by atoms with Crippen molar-refractivity contribution >= 4 is 22.9 Å². The molecule has 38 heavy (non-hydrogen) atoms. The van der Waals surface area contributed by atoms with Gasteiger partial charge in [-0.25, -0.2) is 4.68 Å². The van der Waals surface area contributed by atoms with E-state index in [0.29, 0.717) is 31.8 Å². The summed E-state index contributed by atoms with van der Waals surface area (Å²) in [6.45, 7) is 4.37. The minimum Gasteiger partial charge on any atom is -0.493 e. The fourth-order valence-corrected chi connectivity index (χ4v) is 5.56. The quantitative estimate of drug-likeness (QED) is 0.419. The molecule has 9 bridgehead atoms. The molecule has 0 saturated carbocycles. The van der Waals surface area contributed by atoms with Gasteiger partial charge in [-0.05, 0) is 78.3 Å². The molecule has 1 atom stereocenters. The fourth-order valence-electron chi connectivity index (χ4n) is 5.56. The van der Waals surface area contributed by atoms with Gasteiger partial charge in [0, 0.05) is 31.1 Å². The van der Waals surface area contributed by atoms with Gasteiger partial charge >= 0.3 is 5.97 Å². The van der Waals surface area contributed by atoms with Gasteiger partial charge in [-0.1, -0.05) is 35.5 Å². The van der Waals surface area contributed by atoms with Crippen molar-refractivity contribution in [3.8, 4) is 5.75 Å². The third-order valence-electron chi connectivity index (χ3n) is 7.71. The summed E-state index contributed by atoms with van der Waals surface area (Å²) in [4.78, 5) is 27.2. The van der Waals surface area contributed by atoms with E-state index in [-0.39, 0.29) is 18.2 Å². The number of hydrogen-bond donors (Lipinski definition) is 1. The number of rotatable bonds is 2. The maximum atomic E-state index is 13.5. The van der Waals surface area contributed by atoms with Gasteiger partial charge in [0.25, 0.3) is 5.91 Å². The van der Waals surface area contributed by atoms with Crippen LogP contribution >= 0.6 is 0 Å². The van der Waals surface area contributed by atoms with Crippen molar-refractivity contribution in [2.24, 2.45) is 0 Å². The lowest BCUT2D eigenvalue weighted by Crippen LogP contribution is -2.36. The lowest BCUT2D eigenvalue weighted by Gasteiger charge is -2.30. The summed E-state index contributed by atoms with van der Waals surface area (Å²) >= 11 is 0. The SMILES string of the molecule is Cc1ccc2cc1OCCCCn1nnc3cc(ccc31)C(CC(=O)O)c1ccc3c(c1)CN(CC3)C2=O. The number of hydrogen-bond acceptors (Lipinski definition) is 5. The highest BCUT2D eigenvalue weighted by Gasteiger charge is 2.25. The lowest BCUT2D eigenvalue weighted by molar-refractivity contribution is -0.137. The second-order valence-electron chi connectivity index (χ2n) is 10.3. The monoisotopic (exact) mass is 510 g/mol. The number of fused-ring (bicyclic) bond motifs is 5. The lowest BCUT2D eigenvalue weighted by atomic mass is 9.85. The van der Waals surface area contributed by atoms with Crippen molar-refractivity contribution in [2.75, 3.05) is 13.2 Å². The summed E-state index contributed by atoms with van der Waals surface area (Å²) in [5, 5.41) is 18.5. The Kier molecular flexibility index (Phi) is 6.31. The molecule has 0 spiro atoms. The van der Waals surface area contributed by atoms with Crippen LogP contribution in [-0.4, -0.2) is 50.0 Å². The van der Waals surface area contributed by atoms with Crippen molar-refractivity contribution in [3.63, 3.8) is 0 Å². The highest BCUT2D eigenvalue weighted by molar-refractivity contribution is 5.95. The Morgan fingerprint density at radius 3 is 2.74 bits per heavy atom. The predicted octanol–water partition coefficient (Wildman–Crippen LogP) is 4.72. The van der Waals surface area contributed by atoms with Crippen LogP contribution < -0.4 is 4.74 Å². The number of aliphatic carboxylic acids is 1. The molecule has 3 aliphatic rings. The second-order valence-corrected chi connectivity index (χ2v) is 10.3.